The molecular formula is C27H35ClN2O5S. The molecule has 0 spiro atoms. The second kappa shape index (κ2) is 11.4. The number of amides is 1. The van der Waals surface area contributed by atoms with Gasteiger partial charge >= 0.3 is 0 Å². The quantitative estimate of drug-likeness (QED) is 0.481. The van der Waals surface area contributed by atoms with Crippen LogP contribution in [0.4, 0.5) is 0 Å². The normalized spacial score (nSPS) is 21.2. The Morgan fingerprint density at radius 2 is 1.69 bits per heavy atom. The van der Waals surface area contributed by atoms with Gasteiger partial charge in [-0.3, -0.25) is 4.79 Å². The Morgan fingerprint density at radius 1 is 1.00 bits per heavy atom. The molecule has 0 aromatic heterocycles. The van der Waals surface area contributed by atoms with Crippen LogP contribution in [0.5, 0.6) is 11.5 Å². The minimum absolute atomic E-state index is 0.0780. The SMILES string of the molecule is COc1ccc(S(=O)(=O)N2CCC[C@@](COc3ccc(Cl)c(C)c3)(CC(=O)N3CCCCC3)C2)cc1. The molecule has 0 N–H and O–H groups in total. The third-order valence-corrected chi connectivity index (χ3v) is 9.52. The second-order valence-corrected chi connectivity index (χ2v) is 12.3. The van der Waals surface area contributed by atoms with Crippen LogP contribution in [0.3, 0.4) is 0 Å². The lowest BCUT2D eigenvalue weighted by Gasteiger charge is -2.42. The summed E-state index contributed by atoms with van der Waals surface area (Å²) in [4.78, 5) is 15.5. The van der Waals surface area contributed by atoms with Gasteiger partial charge in [0.2, 0.25) is 15.9 Å². The van der Waals surface area contributed by atoms with Crippen molar-refractivity contribution in [1.82, 2.24) is 9.21 Å². The molecular weight excluding hydrogens is 500 g/mol. The highest BCUT2D eigenvalue weighted by molar-refractivity contribution is 7.89. The van der Waals surface area contributed by atoms with E-state index < -0.39 is 15.4 Å². The fourth-order valence-corrected chi connectivity index (χ4v) is 6.81. The van der Waals surface area contributed by atoms with Gasteiger partial charge in [-0.05, 0) is 87.1 Å². The number of piperidine rings is 2. The largest absolute Gasteiger partial charge is 0.497 e. The standard InChI is InChI=1S/C27H35ClN2O5S/c1-21-17-23(9-12-25(21)28)35-20-27(18-26(31)29-14-4-3-5-15-29)13-6-16-30(19-27)36(32,33)24-10-7-22(34-2)8-11-24/h7-12,17H,3-6,13-16,18-20H2,1-2H3/t27-/m1/s1. The van der Waals surface area contributed by atoms with Crippen LogP contribution in [0.25, 0.3) is 0 Å². The number of hydrogen-bond donors (Lipinski definition) is 0. The van der Waals surface area contributed by atoms with Crippen LogP contribution in [0, 0.1) is 12.3 Å². The molecule has 2 fully saturated rings. The average molecular weight is 535 g/mol. The zero-order valence-corrected chi connectivity index (χ0v) is 22.6. The maximum absolute atomic E-state index is 13.6. The molecule has 0 radical (unpaired) electrons. The van der Waals surface area contributed by atoms with Gasteiger partial charge in [-0.1, -0.05) is 11.6 Å². The molecule has 4 rings (SSSR count). The first-order chi connectivity index (χ1) is 17.2. The summed E-state index contributed by atoms with van der Waals surface area (Å²) in [5, 5.41) is 0.659. The van der Waals surface area contributed by atoms with Crippen LogP contribution < -0.4 is 9.47 Å². The van der Waals surface area contributed by atoms with Crippen LogP contribution in [0.1, 0.15) is 44.1 Å². The number of carbonyl (C=O) groups is 1. The number of sulfonamides is 1. The number of benzene rings is 2. The summed E-state index contributed by atoms with van der Waals surface area (Å²) in [7, 11) is -2.19. The summed E-state index contributed by atoms with van der Waals surface area (Å²) in [6.45, 7) is 4.33. The van der Waals surface area contributed by atoms with E-state index in [1.807, 2.05) is 24.0 Å². The monoisotopic (exact) mass is 534 g/mol. The smallest absolute Gasteiger partial charge is 0.243 e. The lowest BCUT2D eigenvalue weighted by Crippen LogP contribution is -2.51. The van der Waals surface area contributed by atoms with Crippen molar-refractivity contribution in [3.8, 4) is 11.5 Å². The first kappa shape index (κ1) is 26.8. The number of rotatable bonds is 8. The molecule has 36 heavy (non-hydrogen) atoms. The Kier molecular flexibility index (Phi) is 8.48. The highest BCUT2D eigenvalue weighted by Gasteiger charge is 2.43. The molecule has 0 saturated carbocycles. The van der Waals surface area contributed by atoms with Gasteiger partial charge in [0.25, 0.3) is 0 Å². The predicted molar refractivity (Wildman–Crippen MR) is 140 cm³/mol. The Hall–Kier alpha value is -2.29. The first-order valence-corrected chi connectivity index (χ1v) is 14.4. The van der Waals surface area contributed by atoms with Crippen molar-refractivity contribution < 1.29 is 22.7 Å². The molecule has 7 nitrogen and oxygen atoms in total. The molecule has 2 aromatic rings. The minimum atomic E-state index is -3.73. The number of carbonyl (C=O) groups excluding carboxylic acids is 1. The van der Waals surface area contributed by atoms with Crippen molar-refractivity contribution in [2.45, 2.75) is 50.3 Å². The van der Waals surface area contributed by atoms with Gasteiger partial charge < -0.3 is 14.4 Å². The van der Waals surface area contributed by atoms with E-state index in [0.29, 0.717) is 35.9 Å². The topological polar surface area (TPSA) is 76.1 Å². The molecule has 1 atom stereocenters. The van der Waals surface area contributed by atoms with E-state index in [0.717, 1.165) is 37.9 Å². The van der Waals surface area contributed by atoms with E-state index in [2.05, 4.69) is 0 Å². The van der Waals surface area contributed by atoms with Crippen molar-refractivity contribution in [2.24, 2.45) is 5.41 Å². The average Bonchev–Trinajstić information content (AvgIpc) is 2.90. The van der Waals surface area contributed by atoms with E-state index in [1.165, 1.54) is 4.31 Å². The summed E-state index contributed by atoms with van der Waals surface area (Å²) in [5.74, 6) is 1.34. The molecule has 2 saturated heterocycles. The van der Waals surface area contributed by atoms with Gasteiger partial charge in [0.15, 0.2) is 0 Å². The predicted octanol–water partition coefficient (Wildman–Crippen LogP) is 4.91. The highest BCUT2D eigenvalue weighted by atomic mass is 35.5. The van der Waals surface area contributed by atoms with Crippen molar-refractivity contribution >= 4 is 27.5 Å². The Balaban J connectivity index is 1.58. The summed E-state index contributed by atoms with van der Waals surface area (Å²) >= 11 is 6.17. The summed E-state index contributed by atoms with van der Waals surface area (Å²) in [5.41, 5.74) is 0.278. The van der Waals surface area contributed by atoms with Crippen LogP contribution in [-0.2, 0) is 14.8 Å². The number of aryl methyl sites for hydroxylation is 1. The maximum Gasteiger partial charge on any atom is 0.243 e. The van der Waals surface area contributed by atoms with Crippen molar-refractivity contribution in [1.29, 1.82) is 0 Å². The van der Waals surface area contributed by atoms with E-state index >= 15 is 0 Å². The molecule has 0 bridgehead atoms. The van der Waals surface area contributed by atoms with Crippen LogP contribution >= 0.6 is 11.6 Å². The van der Waals surface area contributed by atoms with E-state index in [4.69, 9.17) is 21.1 Å². The molecule has 196 valence electrons. The number of ether oxygens (including phenoxy) is 2. The molecule has 2 heterocycles. The number of nitrogens with zero attached hydrogens (tertiary/aromatic N) is 2. The fraction of sp³-hybridized carbons (Fsp3) is 0.519. The maximum atomic E-state index is 13.6. The zero-order valence-electron chi connectivity index (χ0n) is 21.0. The lowest BCUT2D eigenvalue weighted by molar-refractivity contribution is -0.136. The Bertz CT molecular complexity index is 1170. The van der Waals surface area contributed by atoms with Crippen molar-refractivity contribution in [3.05, 3.63) is 53.1 Å². The molecule has 1 amide bonds. The highest BCUT2D eigenvalue weighted by Crippen LogP contribution is 2.38. The molecule has 0 aliphatic carbocycles. The Morgan fingerprint density at radius 3 is 2.36 bits per heavy atom. The fourth-order valence-electron chi connectivity index (χ4n) is 5.10. The van der Waals surface area contributed by atoms with E-state index in [9.17, 15) is 13.2 Å². The van der Waals surface area contributed by atoms with E-state index in [1.54, 1.807) is 37.4 Å². The summed E-state index contributed by atoms with van der Waals surface area (Å²) in [6, 6.07) is 11.9. The number of likely N-dealkylation sites (tertiary alicyclic amines) is 1. The lowest BCUT2D eigenvalue weighted by atomic mass is 9.78. The van der Waals surface area contributed by atoms with Crippen LogP contribution in [0.2, 0.25) is 5.02 Å². The van der Waals surface area contributed by atoms with Crippen molar-refractivity contribution in [3.63, 3.8) is 0 Å². The Labute approximate surface area is 219 Å². The summed E-state index contributed by atoms with van der Waals surface area (Å²) < 4.78 is 40.0. The third kappa shape index (κ3) is 6.15. The molecule has 2 aromatic carbocycles. The van der Waals surface area contributed by atoms with Gasteiger partial charge in [-0.2, -0.15) is 4.31 Å². The van der Waals surface area contributed by atoms with Crippen molar-refractivity contribution in [2.75, 3.05) is 39.9 Å². The number of methoxy groups -OCH3 is 1. The number of halogens is 1. The molecule has 2 aliphatic heterocycles. The molecule has 9 heteroatoms. The first-order valence-electron chi connectivity index (χ1n) is 12.5. The second-order valence-electron chi connectivity index (χ2n) is 9.94. The van der Waals surface area contributed by atoms with Gasteiger partial charge in [0, 0.05) is 43.0 Å². The van der Waals surface area contributed by atoms with Crippen LogP contribution in [-0.4, -0.2) is 63.4 Å². The van der Waals surface area contributed by atoms with Gasteiger partial charge in [0.05, 0.1) is 18.6 Å². The van der Waals surface area contributed by atoms with Gasteiger partial charge in [0.1, 0.15) is 11.5 Å². The number of hydrogen-bond acceptors (Lipinski definition) is 5. The summed E-state index contributed by atoms with van der Waals surface area (Å²) in [6.07, 6.45) is 4.80. The van der Waals surface area contributed by atoms with Crippen LogP contribution in [0.15, 0.2) is 47.4 Å². The zero-order chi connectivity index (χ0) is 25.8. The third-order valence-electron chi connectivity index (χ3n) is 7.23. The van der Waals surface area contributed by atoms with E-state index in [-0.39, 0.29) is 30.4 Å². The molecule has 2 aliphatic rings. The van der Waals surface area contributed by atoms with Gasteiger partial charge in [-0.15, -0.1) is 0 Å². The van der Waals surface area contributed by atoms with Gasteiger partial charge in [-0.25, -0.2) is 8.42 Å². The molecule has 0 unspecified atom stereocenters. The minimum Gasteiger partial charge on any atom is -0.497 e.